The van der Waals surface area contributed by atoms with E-state index in [1.54, 1.807) is 0 Å². The van der Waals surface area contributed by atoms with Crippen molar-refractivity contribution in [1.82, 2.24) is 14.1 Å². The highest BCUT2D eigenvalue weighted by molar-refractivity contribution is 6.27. The Balaban J connectivity index is 1.21. The van der Waals surface area contributed by atoms with E-state index < -0.39 is 0 Å². The van der Waals surface area contributed by atoms with Gasteiger partial charge in [0, 0.05) is 33.3 Å². The number of allylic oxidation sites excluding steroid dienone is 5. The van der Waals surface area contributed by atoms with Gasteiger partial charge in [0.15, 0.2) is 0 Å². The van der Waals surface area contributed by atoms with Gasteiger partial charge in [-0.15, -0.1) is 0 Å². The van der Waals surface area contributed by atoms with Crippen LogP contribution in [0.2, 0.25) is 0 Å². The van der Waals surface area contributed by atoms with E-state index in [0.717, 1.165) is 71.9 Å². The maximum absolute atomic E-state index is 9.56. The lowest BCUT2D eigenvalue weighted by atomic mass is 9.94. The first-order valence-electron chi connectivity index (χ1n) is 17.4. The lowest BCUT2D eigenvalue weighted by Crippen LogP contribution is -2.12. The van der Waals surface area contributed by atoms with Crippen LogP contribution in [0.4, 0.5) is 0 Å². The fourth-order valence-electron chi connectivity index (χ4n) is 7.81. The third kappa shape index (κ3) is 4.75. The molecule has 0 unspecified atom stereocenters. The predicted octanol–water partition coefficient (Wildman–Crippen LogP) is 11.5. The van der Waals surface area contributed by atoms with Crippen LogP contribution < -0.4 is 0 Å². The van der Waals surface area contributed by atoms with Crippen LogP contribution in [0.1, 0.15) is 5.56 Å². The molecule has 3 heterocycles. The number of para-hydroxylation sites is 2. The van der Waals surface area contributed by atoms with Crippen LogP contribution in [-0.2, 0) is 0 Å². The van der Waals surface area contributed by atoms with Gasteiger partial charge in [-0.2, -0.15) is 0 Å². The minimum absolute atomic E-state index is 0.163. The Morgan fingerprint density at radius 3 is 2.13 bits per heavy atom. The van der Waals surface area contributed by atoms with Gasteiger partial charge in [0.25, 0.3) is 0 Å². The molecule has 0 saturated heterocycles. The van der Waals surface area contributed by atoms with E-state index in [1.165, 1.54) is 16.2 Å². The molecule has 0 saturated carbocycles. The van der Waals surface area contributed by atoms with Crippen LogP contribution in [0.3, 0.4) is 0 Å². The van der Waals surface area contributed by atoms with Gasteiger partial charge < -0.3 is 4.57 Å². The lowest BCUT2D eigenvalue weighted by molar-refractivity contribution is 1.14. The van der Waals surface area contributed by atoms with Gasteiger partial charge >= 0.3 is 0 Å². The average molecular weight is 666 g/mol. The molecule has 0 fully saturated rings. The number of nitrogens with zero attached hydrogens (tertiary/aromatic N) is 4. The van der Waals surface area contributed by atoms with E-state index >= 15 is 0 Å². The molecule has 5 heteroatoms. The zero-order valence-electron chi connectivity index (χ0n) is 28.1. The molecule has 0 bridgehead atoms. The molecule has 9 aromatic rings. The molecule has 10 rings (SSSR count). The number of pyridine rings is 1. The number of hydrogen-bond donors (Lipinski definition) is 1. The van der Waals surface area contributed by atoms with Crippen molar-refractivity contribution < 1.29 is 0 Å². The van der Waals surface area contributed by atoms with Crippen molar-refractivity contribution in [1.29, 1.82) is 5.41 Å². The minimum Gasteiger partial charge on any atom is -0.308 e. The molecule has 0 spiro atoms. The van der Waals surface area contributed by atoms with Crippen molar-refractivity contribution in [2.75, 3.05) is 0 Å². The highest BCUT2D eigenvalue weighted by Crippen LogP contribution is 2.42. The standard InChI is InChI=1S/C47H31N5/c48-47(50-41-21-9-4-15-33(41)27-31-13-2-1-3-14-31)52-43-23-11-8-20-38(43)46-37-19-6-5-17-35(37)39(29-45(46)52)32-24-25-44-40(28-32)36-18-7-10-22-42(36)51(44)34-16-12-26-49-30-34/h1-30,48H/b33-27+,48-47?,50-41-. The Bertz CT molecular complexity index is 3010. The summed E-state index contributed by atoms with van der Waals surface area (Å²) in [4.78, 5) is 9.42. The third-order valence-corrected chi connectivity index (χ3v) is 10.1. The number of aliphatic imine (C=N–C) groups is 1. The van der Waals surface area contributed by atoms with Crippen molar-refractivity contribution in [3.8, 4) is 16.8 Å². The van der Waals surface area contributed by atoms with Crippen LogP contribution >= 0.6 is 0 Å². The quantitative estimate of drug-likeness (QED) is 0.148. The van der Waals surface area contributed by atoms with E-state index in [2.05, 4.69) is 131 Å². The Labute approximate surface area is 299 Å². The van der Waals surface area contributed by atoms with Crippen LogP contribution in [-0.4, -0.2) is 25.8 Å². The van der Waals surface area contributed by atoms with Gasteiger partial charge in [0.05, 0.1) is 39.7 Å². The van der Waals surface area contributed by atoms with E-state index in [4.69, 9.17) is 4.99 Å². The van der Waals surface area contributed by atoms with Crippen molar-refractivity contribution in [3.63, 3.8) is 0 Å². The summed E-state index contributed by atoms with van der Waals surface area (Å²) in [6, 6.07) is 48.9. The molecule has 52 heavy (non-hydrogen) atoms. The highest BCUT2D eigenvalue weighted by Gasteiger charge is 2.20. The molecular formula is C47H31N5. The van der Waals surface area contributed by atoms with Crippen molar-refractivity contribution in [2.24, 2.45) is 4.99 Å². The number of hydrogen-bond acceptors (Lipinski definition) is 2. The van der Waals surface area contributed by atoms with Crippen LogP contribution in [0.5, 0.6) is 0 Å². The maximum atomic E-state index is 9.56. The summed E-state index contributed by atoms with van der Waals surface area (Å²) < 4.78 is 4.29. The molecule has 5 nitrogen and oxygen atoms in total. The van der Waals surface area contributed by atoms with Gasteiger partial charge in [0.1, 0.15) is 0 Å². The van der Waals surface area contributed by atoms with Gasteiger partial charge in [-0.25, -0.2) is 4.99 Å². The predicted molar refractivity (Wildman–Crippen MR) is 218 cm³/mol. The topological polar surface area (TPSA) is 59.0 Å². The van der Waals surface area contributed by atoms with Crippen molar-refractivity contribution >= 4 is 72.1 Å². The smallest absolute Gasteiger partial charge is 0.227 e. The number of aromatic nitrogens is 3. The highest BCUT2D eigenvalue weighted by atomic mass is 15.1. The van der Waals surface area contributed by atoms with E-state index in [-0.39, 0.29) is 5.96 Å². The number of benzene rings is 6. The molecule has 1 aliphatic carbocycles. The monoisotopic (exact) mass is 665 g/mol. The van der Waals surface area contributed by atoms with Crippen molar-refractivity contribution in [3.05, 3.63) is 187 Å². The van der Waals surface area contributed by atoms with Gasteiger partial charge in [0.2, 0.25) is 5.96 Å². The van der Waals surface area contributed by atoms with E-state index in [1.807, 2.05) is 65.5 Å². The Kier molecular flexibility index (Phi) is 6.89. The second kappa shape index (κ2) is 12.0. The lowest BCUT2D eigenvalue weighted by Gasteiger charge is -2.13. The van der Waals surface area contributed by atoms with Gasteiger partial charge in [-0.1, -0.05) is 115 Å². The normalized spacial score (nSPS) is 14.5. The fourth-order valence-corrected chi connectivity index (χ4v) is 7.81. The largest absolute Gasteiger partial charge is 0.308 e. The molecule has 6 aromatic carbocycles. The third-order valence-electron chi connectivity index (χ3n) is 10.1. The molecule has 244 valence electrons. The maximum Gasteiger partial charge on any atom is 0.227 e. The van der Waals surface area contributed by atoms with Crippen LogP contribution in [0.25, 0.3) is 77.3 Å². The molecule has 0 radical (unpaired) electrons. The molecule has 3 aromatic heterocycles. The summed E-state index contributed by atoms with van der Waals surface area (Å²) in [6.07, 6.45) is 13.9. The summed E-state index contributed by atoms with van der Waals surface area (Å²) in [7, 11) is 0. The molecule has 1 N–H and O–H groups in total. The first-order chi connectivity index (χ1) is 25.7. The second-order valence-electron chi connectivity index (χ2n) is 13.1. The van der Waals surface area contributed by atoms with E-state index in [9.17, 15) is 5.41 Å². The molecule has 0 amide bonds. The number of fused-ring (bicyclic) bond motifs is 8. The molecule has 0 aliphatic heterocycles. The Morgan fingerprint density at radius 1 is 0.596 bits per heavy atom. The second-order valence-corrected chi connectivity index (χ2v) is 13.1. The molecule has 0 atom stereocenters. The van der Waals surface area contributed by atoms with E-state index in [0.29, 0.717) is 0 Å². The first-order valence-corrected chi connectivity index (χ1v) is 17.4. The fraction of sp³-hybridized carbons (Fsp3) is 0. The zero-order chi connectivity index (χ0) is 34.6. The van der Waals surface area contributed by atoms with Crippen LogP contribution in [0.15, 0.2) is 187 Å². The Morgan fingerprint density at radius 2 is 1.31 bits per heavy atom. The number of rotatable bonds is 3. The zero-order valence-corrected chi connectivity index (χ0v) is 28.1. The van der Waals surface area contributed by atoms with Gasteiger partial charge in [-0.3, -0.25) is 15.0 Å². The molecular weight excluding hydrogens is 635 g/mol. The first kappa shape index (κ1) is 29.8. The average Bonchev–Trinajstić information content (AvgIpc) is 3.72. The van der Waals surface area contributed by atoms with Crippen molar-refractivity contribution in [2.45, 2.75) is 0 Å². The molecule has 1 aliphatic rings. The van der Waals surface area contributed by atoms with Crippen LogP contribution in [0, 0.1) is 5.41 Å². The SMILES string of the molecule is N=C(/N=C1/C=CC=C/C1=C\c1ccccc1)n1c2ccccc2c2c3ccccc3c(-c3ccc4c(c3)c3ccccc3n4-c3cccnc3)cc21. The summed E-state index contributed by atoms with van der Waals surface area (Å²) in [6.45, 7) is 0. The summed E-state index contributed by atoms with van der Waals surface area (Å²) in [5, 5.41) is 16.5. The minimum atomic E-state index is 0.163. The summed E-state index contributed by atoms with van der Waals surface area (Å²) >= 11 is 0. The summed E-state index contributed by atoms with van der Waals surface area (Å²) in [5.41, 5.74) is 10.2. The number of nitrogens with one attached hydrogen (secondary N) is 1. The Hall–Kier alpha value is -7.11. The summed E-state index contributed by atoms with van der Waals surface area (Å²) in [5.74, 6) is 0.163. The van der Waals surface area contributed by atoms with Gasteiger partial charge in [-0.05, 0) is 82.1 Å².